The van der Waals surface area contributed by atoms with E-state index in [1.807, 2.05) is 12.1 Å². The first-order chi connectivity index (χ1) is 7.27. The average molecular weight is 209 g/mol. The molecule has 0 heterocycles. The largest absolute Gasteiger partial charge is 0.494 e. The van der Waals surface area contributed by atoms with Crippen LogP contribution in [0.3, 0.4) is 0 Å². The number of ether oxygens (including phenoxy) is 2. The first-order valence-corrected chi connectivity index (χ1v) is 5.34. The Kier molecular flexibility index (Phi) is 4.81. The van der Waals surface area contributed by atoms with Gasteiger partial charge in [0.05, 0.1) is 19.4 Å². The Bertz CT molecular complexity index is 300. The van der Waals surface area contributed by atoms with Gasteiger partial charge in [-0.3, -0.25) is 0 Å². The van der Waals surface area contributed by atoms with Gasteiger partial charge in [0, 0.05) is 6.07 Å². The molecule has 0 saturated carbocycles. The van der Waals surface area contributed by atoms with Crippen LogP contribution >= 0.6 is 0 Å². The third-order valence-electron chi connectivity index (χ3n) is 2.22. The smallest absolute Gasteiger partial charge is 0.145 e. The molecule has 1 aromatic carbocycles. The highest BCUT2D eigenvalue weighted by Gasteiger charge is 2.01. The molecule has 1 rings (SSSR count). The van der Waals surface area contributed by atoms with Crippen molar-refractivity contribution in [3.63, 3.8) is 0 Å². The van der Waals surface area contributed by atoms with E-state index in [0.29, 0.717) is 11.4 Å². The maximum Gasteiger partial charge on any atom is 0.145 e. The lowest BCUT2D eigenvalue weighted by Crippen LogP contribution is -1.98. The van der Waals surface area contributed by atoms with Crippen LogP contribution in [0.2, 0.25) is 0 Å². The van der Waals surface area contributed by atoms with Gasteiger partial charge < -0.3 is 15.2 Å². The highest BCUT2D eigenvalue weighted by Crippen LogP contribution is 2.26. The van der Waals surface area contributed by atoms with E-state index in [2.05, 4.69) is 6.92 Å². The lowest BCUT2D eigenvalue weighted by molar-refractivity contribution is 0.304. The fraction of sp³-hybridized carbons (Fsp3) is 0.500. The van der Waals surface area contributed by atoms with E-state index < -0.39 is 0 Å². The molecule has 3 heteroatoms. The molecule has 0 atom stereocenters. The zero-order chi connectivity index (χ0) is 11.1. The van der Waals surface area contributed by atoms with E-state index in [-0.39, 0.29) is 0 Å². The second-order valence-electron chi connectivity index (χ2n) is 3.46. The van der Waals surface area contributed by atoms with E-state index in [0.717, 1.165) is 18.8 Å². The SMILES string of the molecule is CCCCCOc1ccc(N)c(OC)c1. The maximum absolute atomic E-state index is 5.70. The van der Waals surface area contributed by atoms with Gasteiger partial charge >= 0.3 is 0 Å². The maximum atomic E-state index is 5.70. The molecule has 0 spiro atoms. The molecule has 1 aromatic rings. The molecule has 0 bridgehead atoms. The van der Waals surface area contributed by atoms with Crippen LogP contribution in [0.5, 0.6) is 11.5 Å². The summed E-state index contributed by atoms with van der Waals surface area (Å²) < 4.78 is 10.7. The molecule has 0 aliphatic rings. The summed E-state index contributed by atoms with van der Waals surface area (Å²) in [6.07, 6.45) is 3.49. The van der Waals surface area contributed by atoms with Crippen molar-refractivity contribution in [2.45, 2.75) is 26.2 Å². The van der Waals surface area contributed by atoms with Crippen LogP contribution in [0.15, 0.2) is 18.2 Å². The number of hydrogen-bond acceptors (Lipinski definition) is 3. The van der Waals surface area contributed by atoms with E-state index in [1.54, 1.807) is 13.2 Å². The number of unbranched alkanes of at least 4 members (excludes halogenated alkanes) is 2. The summed E-state index contributed by atoms with van der Waals surface area (Å²) in [5.74, 6) is 1.49. The van der Waals surface area contributed by atoms with Gasteiger partial charge in [-0.2, -0.15) is 0 Å². The number of benzene rings is 1. The third-order valence-corrected chi connectivity index (χ3v) is 2.22. The van der Waals surface area contributed by atoms with Crippen LogP contribution in [0.25, 0.3) is 0 Å². The molecule has 0 amide bonds. The number of nitrogens with two attached hydrogens (primary N) is 1. The standard InChI is InChI=1S/C12H19NO2/c1-3-4-5-8-15-10-6-7-11(13)12(9-10)14-2/h6-7,9H,3-5,8,13H2,1-2H3. The molecule has 0 aromatic heterocycles. The minimum absolute atomic E-state index is 0.637. The predicted octanol–water partition coefficient (Wildman–Crippen LogP) is 2.85. The van der Waals surface area contributed by atoms with E-state index in [4.69, 9.17) is 15.2 Å². The van der Waals surface area contributed by atoms with Crippen LogP contribution in [0, 0.1) is 0 Å². The van der Waals surface area contributed by atoms with Gasteiger partial charge in [-0.15, -0.1) is 0 Å². The second-order valence-corrected chi connectivity index (χ2v) is 3.46. The Hall–Kier alpha value is -1.38. The molecule has 15 heavy (non-hydrogen) atoms. The van der Waals surface area contributed by atoms with Gasteiger partial charge in [0.25, 0.3) is 0 Å². The zero-order valence-corrected chi connectivity index (χ0v) is 9.45. The number of methoxy groups -OCH3 is 1. The highest BCUT2D eigenvalue weighted by atomic mass is 16.5. The van der Waals surface area contributed by atoms with Crippen molar-refractivity contribution in [2.24, 2.45) is 0 Å². The Morgan fingerprint density at radius 1 is 1.27 bits per heavy atom. The Balaban J connectivity index is 2.47. The first kappa shape index (κ1) is 11.7. The molecule has 0 aliphatic heterocycles. The molecule has 84 valence electrons. The number of anilines is 1. The van der Waals surface area contributed by atoms with E-state index in [9.17, 15) is 0 Å². The van der Waals surface area contributed by atoms with Gasteiger partial charge in [-0.25, -0.2) is 0 Å². The van der Waals surface area contributed by atoms with Crippen molar-refractivity contribution in [2.75, 3.05) is 19.5 Å². The first-order valence-electron chi connectivity index (χ1n) is 5.34. The van der Waals surface area contributed by atoms with Crippen molar-refractivity contribution in [3.8, 4) is 11.5 Å². The van der Waals surface area contributed by atoms with Crippen molar-refractivity contribution < 1.29 is 9.47 Å². The van der Waals surface area contributed by atoms with Crippen molar-refractivity contribution in [1.82, 2.24) is 0 Å². The zero-order valence-electron chi connectivity index (χ0n) is 9.45. The molecular formula is C12H19NO2. The van der Waals surface area contributed by atoms with Crippen LogP contribution in [-0.2, 0) is 0 Å². The minimum atomic E-state index is 0.637. The molecule has 0 saturated heterocycles. The fourth-order valence-electron chi connectivity index (χ4n) is 1.32. The highest BCUT2D eigenvalue weighted by molar-refractivity contribution is 5.55. The van der Waals surface area contributed by atoms with Crippen molar-refractivity contribution in [1.29, 1.82) is 0 Å². The van der Waals surface area contributed by atoms with Crippen LogP contribution in [0.4, 0.5) is 5.69 Å². The number of hydrogen-bond donors (Lipinski definition) is 1. The van der Waals surface area contributed by atoms with Crippen LogP contribution in [-0.4, -0.2) is 13.7 Å². The van der Waals surface area contributed by atoms with Gasteiger partial charge in [-0.05, 0) is 18.6 Å². The summed E-state index contributed by atoms with van der Waals surface area (Å²) in [5.41, 5.74) is 6.33. The molecule has 0 fully saturated rings. The summed E-state index contributed by atoms with van der Waals surface area (Å²) in [6, 6.07) is 5.49. The summed E-state index contributed by atoms with van der Waals surface area (Å²) in [6.45, 7) is 2.92. The number of rotatable bonds is 6. The summed E-state index contributed by atoms with van der Waals surface area (Å²) >= 11 is 0. The topological polar surface area (TPSA) is 44.5 Å². The lowest BCUT2D eigenvalue weighted by Gasteiger charge is -2.09. The van der Waals surface area contributed by atoms with E-state index in [1.165, 1.54) is 12.8 Å². The van der Waals surface area contributed by atoms with Crippen LogP contribution in [0.1, 0.15) is 26.2 Å². The number of nitrogen functional groups attached to an aromatic ring is 1. The fourth-order valence-corrected chi connectivity index (χ4v) is 1.32. The van der Waals surface area contributed by atoms with Crippen molar-refractivity contribution >= 4 is 5.69 Å². The quantitative estimate of drug-likeness (QED) is 0.578. The van der Waals surface area contributed by atoms with E-state index >= 15 is 0 Å². The third kappa shape index (κ3) is 3.70. The monoisotopic (exact) mass is 209 g/mol. The Morgan fingerprint density at radius 3 is 2.73 bits per heavy atom. The lowest BCUT2D eigenvalue weighted by atomic mass is 10.2. The Labute approximate surface area is 91.2 Å². The van der Waals surface area contributed by atoms with Gasteiger partial charge in [0.2, 0.25) is 0 Å². The minimum Gasteiger partial charge on any atom is -0.494 e. The molecule has 0 aliphatic carbocycles. The summed E-state index contributed by atoms with van der Waals surface area (Å²) in [5, 5.41) is 0. The Morgan fingerprint density at radius 2 is 2.07 bits per heavy atom. The van der Waals surface area contributed by atoms with Crippen molar-refractivity contribution in [3.05, 3.63) is 18.2 Å². The molecule has 3 nitrogen and oxygen atoms in total. The summed E-state index contributed by atoms with van der Waals surface area (Å²) in [7, 11) is 1.60. The normalized spacial score (nSPS) is 10.0. The second kappa shape index (κ2) is 6.17. The van der Waals surface area contributed by atoms with Gasteiger partial charge in [0.15, 0.2) is 0 Å². The van der Waals surface area contributed by atoms with Gasteiger partial charge in [-0.1, -0.05) is 19.8 Å². The van der Waals surface area contributed by atoms with Crippen LogP contribution < -0.4 is 15.2 Å². The predicted molar refractivity (Wildman–Crippen MR) is 62.4 cm³/mol. The molecule has 0 radical (unpaired) electrons. The molecule has 2 N–H and O–H groups in total. The molecular weight excluding hydrogens is 190 g/mol. The summed E-state index contributed by atoms with van der Waals surface area (Å²) in [4.78, 5) is 0. The average Bonchev–Trinajstić information content (AvgIpc) is 2.26. The van der Waals surface area contributed by atoms with Gasteiger partial charge in [0.1, 0.15) is 11.5 Å². The molecule has 0 unspecified atom stereocenters.